The molecule has 0 aliphatic rings. The number of rotatable bonds is 1. The molecule has 1 heterocycles. The summed E-state index contributed by atoms with van der Waals surface area (Å²) in [4.78, 5) is 22.7. The van der Waals surface area contributed by atoms with Crippen LogP contribution in [-0.4, -0.2) is 21.8 Å². The fraction of sp³-hybridized carbons (Fsp3) is 0.125. The Kier molecular flexibility index (Phi) is 10.2. The second-order valence-corrected chi connectivity index (χ2v) is 1.89. The van der Waals surface area contributed by atoms with Gasteiger partial charge in [0.1, 0.15) is 0 Å². The molecule has 1 rings (SSSR count). The fourth-order valence-electron chi connectivity index (χ4n) is 0.313. The normalized spacial score (nSPS) is 7.15. The van der Waals surface area contributed by atoms with Crippen molar-refractivity contribution < 1.29 is 37.1 Å². The number of aliphatic carboxylic acids is 1. The van der Waals surface area contributed by atoms with Crippen LogP contribution >= 0.6 is 0 Å². The van der Waals surface area contributed by atoms with E-state index < -0.39 is 11.8 Å². The number of carboxylic acid groups (broad SMARTS) is 1. The first-order chi connectivity index (χ1) is 5.64. The van der Waals surface area contributed by atoms with Crippen molar-refractivity contribution in [3.8, 4) is 0 Å². The molecule has 0 unspecified atom stereocenters. The Balaban J connectivity index is 0. The Labute approximate surface area is 91.5 Å². The largest absolute Gasteiger partial charge is 0.476 e. The van der Waals surface area contributed by atoms with Crippen LogP contribution in [0.5, 0.6) is 0 Å². The molecule has 0 aromatic carbocycles. The zero-order chi connectivity index (χ0) is 9.40. The number of Topliss-reactive ketones (excluding diaryl/α,β-unsaturated/α-hetero) is 1. The van der Waals surface area contributed by atoms with Crippen LogP contribution < -0.4 is 0 Å². The first kappa shape index (κ1) is 14.5. The van der Waals surface area contributed by atoms with E-state index in [9.17, 15) is 9.59 Å². The number of carbonyl (C=O) groups is 2. The number of ketones is 1. The van der Waals surface area contributed by atoms with Crippen LogP contribution in [0.25, 0.3) is 0 Å². The molecule has 1 aromatic heterocycles. The van der Waals surface area contributed by atoms with Crippen LogP contribution in [0.15, 0.2) is 30.6 Å². The number of nitrogens with zero attached hydrogens (tertiary/aromatic N) is 1. The Morgan fingerprint density at radius 3 is 1.62 bits per heavy atom. The van der Waals surface area contributed by atoms with Gasteiger partial charge in [0.05, 0.1) is 0 Å². The van der Waals surface area contributed by atoms with Gasteiger partial charge >= 0.3 is 5.97 Å². The van der Waals surface area contributed by atoms with Gasteiger partial charge in [-0.05, 0) is 12.1 Å². The van der Waals surface area contributed by atoms with E-state index in [0.717, 1.165) is 6.92 Å². The summed E-state index contributed by atoms with van der Waals surface area (Å²) in [6.45, 7) is 1.00. The Bertz CT molecular complexity index is 212. The molecule has 4 nitrogen and oxygen atoms in total. The number of aromatic nitrogens is 1. The van der Waals surface area contributed by atoms with E-state index in [2.05, 4.69) is 4.98 Å². The number of pyridine rings is 1. The van der Waals surface area contributed by atoms with Crippen molar-refractivity contribution in [3.05, 3.63) is 30.6 Å². The monoisotopic (exact) mass is 274 g/mol. The van der Waals surface area contributed by atoms with Crippen molar-refractivity contribution in [3.63, 3.8) is 0 Å². The van der Waals surface area contributed by atoms with E-state index >= 15 is 0 Å². The average molecular weight is 275 g/mol. The van der Waals surface area contributed by atoms with Crippen molar-refractivity contribution in [1.29, 1.82) is 0 Å². The Hall–Kier alpha value is -0.970. The minimum Gasteiger partial charge on any atom is -0.476 e. The molecule has 0 aliphatic heterocycles. The van der Waals surface area contributed by atoms with Gasteiger partial charge in [0.25, 0.3) is 0 Å². The molecule has 75 valence electrons. The third-order valence-electron chi connectivity index (χ3n) is 0.868. The molecule has 0 fully saturated rings. The molecule has 0 atom stereocenters. The fourth-order valence-corrected chi connectivity index (χ4v) is 0.313. The topological polar surface area (TPSA) is 67.3 Å². The first-order valence-electron chi connectivity index (χ1n) is 3.23. The molecular formula is C8H9AgNO3. The number of hydrogen-bond acceptors (Lipinski definition) is 3. The third kappa shape index (κ3) is 11.0. The van der Waals surface area contributed by atoms with Gasteiger partial charge in [-0.25, -0.2) is 4.79 Å². The van der Waals surface area contributed by atoms with Gasteiger partial charge < -0.3 is 5.11 Å². The summed E-state index contributed by atoms with van der Waals surface area (Å²) >= 11 is 0. The molecule has 0 saturated carbocycles. The molecule has 13 heavy (non-hydrogen) atoms. The minimum atomic E-state index is -1.38. The summed E-state index contributed by atoms with van der Waals surface area (Å²) < 4.78 is 0. The van der Waals surface area contributed by atoms with E-state index in [1.54, 1.807) is 12.4 Å². The van der Waals surface area contributed by atoms with Crippen molar-refractivity contribution in [2.45, 2.75) is 6.92 Å². The summed E-state index contributed by atoms with van der Waals surface area (Å²) in [5.41, 5.74) is 0. The SMILES string of the molecule is CC(=O)C(=O)O.[Ag].c1ccncc1. The van der Waals surface area contributed by atoms with E-state index in [1.165, 1.54) is 0 Å². The van der Waals surface area contributed by atoms with Gasteiger partial charge in [-0.15, -0.1) is 0 Å². The smallest absolute Gasteiger partial charge is 0.371 e. The summed E-state index contributed by atoms with van der Waals surface area (Å²) in [6, 6.07) is 5.72. The molecule has 0 bridgehead atoms. The molecule has 1 aromatic rings. The Morgan fingerprint density at radius 2 is 1.54 bits per heavy atom. The molecule has 0 saturated heterocycles. The number of hydrogen-bond donors (Lipinski definition) is 1. The zero-order valence-corrected chi connectivity index (χ0v) is 8.38. The average Bonchev–Trinajstić information content (AvgIpc) is 2.08. The summed E-state index contributed by atoms with van der Waals surface area (Å²) in [7, 11) is 0. The van der Waals surface area contributed by atoms with E-state index in [0.29, 0.717) is 0 Å². The van der Waals surface area contributed by atoms with Crippen LogP contribution in [0.3, 0.4) is 0 Å². The quantitative estimate of drug-likeness (QED) is 0.606. The van der Waals surface area contributed by atoms with Crippen molar-refractivity contribution in [2.24, 2.45) is 0 Å². The van der Waals surface area contributed by atoms with Gasteiger partial charge in [-0.2, -0.15) is 0 Å². The molecule has 0 spiro atoms. The number of carboxylic acids is 1. The van der Waals surface area contributed by atoms with Gasteiger partial charge in [0.15, 0.2) is 0 Å². The maximum Gasteiger partial charge on any atom is 0.371 e. The maximum atomic E-state index is 9.54. The van der Waals surface area contributed by atoms with Gasteiger partial charge in [-0.1, -0.05) is 6.07 Å². The van der Waals surface area contributed by atoms with Crippen LogP contribution in [0.2, 0.25) is 0 Å². The molecular weight excluding hydrogens is 266 g/mol. The summed E-state index contributed by atoms with van der Waals surface area (Å²) in [5.74, 6) is -2.20. The van der Waals surface area contributed by atoms with Gasteiger partial charge in [0, 0.05) is 41.7 Å². The molecule has 0 aliphatic carbocycles. The molecule has 5 heteroatoms. The zero-order valence-electron chi connectivity index (χ0n) is 6.90. The van der Waals surface area contributed by atoms with Crippen LogP contribution in [-0.2, 0) is 32.0 Å². The van der Waals surface area contributed by atoms with Gasteiger partial charge in [0.2, 0.25) is 5.78 Å². The Morgan fingerprint density at radius 1 is 1.15 bits per heavy atom. The minimum absolute atomic E-state index is 0. The van der Waals surface area contributed by atoms with E-state index in [-0.39, 0.29) is 22.4 Å². The van der Waals surface area contributed by atoms with E-state index in [4.69, 9.17) is 5.11 Å². The second-order valence-electron chi connectivity index (χ2n) is 1.89. The van der Waals surface area contributed by atoms with Crippen molar-refractivity contribution in [1.82, 2.24) is 4.98 Å². The van der Waals surface area contributed by atoms with E-state index in [1.807, 2.05) is 18.2 Å². The standard InChI is InChI=1S/C5H5N.C3H4O3.Ag/c1-2-4-6-5-3-1;1-2(4)3(5)6;/h1-5H;1H3,(H,5,6);. The van der Waals surface area contributed by atoms with Gasteiger partial charge in [-0.3, -0.25) is 9.78 Å². The van der Waals surface area contributed by atoms with Crippen LogP contribution in [0.4, 0.5) is 0 Å². The summed E-state index contributed by atoms with van der Waals surface area (Å²) in [6.07, 6.45) is 3.50. The first-order valence-corrected chi connectivity index (χ1v) is 3.23. The predicted octanol–water partition coefficient (Wildman–Crippen LogP) is 0.739. The molecule has 1 radical (unpaired) electrons. The maximum absolute atomic E-state index is 9.54. The second kappa shape index (κ2) is 9.12. The number of carbonyl (C=O) groups excluding carboxylic acids is 1. The van der Waals surface area contributed by atoms with Crippen LogP contribution in [0.1, 0.15) is 6.92 Å². The predicted molar refractivity (Wildman–Crippen MR) is 42.6 cm³/mol. The molecule has 1 N–H and O–H groups in total. The van der Waals surface area contributed by atoms with Crippen LogP contribution in [0, 0.1) is 0 Å². The van der Waals surface area contributed by atoms with Crippen molar-refractivity contribution >= 4 is 11.8 Å². The van der Waals surface area contributed by atoms with Crippen molar-refractivity contribution in [2.75, 3.05) is 0 Å². The summed E-state index contributed by atoms with van der Waals surface area (Å²) in [5, 5.41) is 7.64. The molecule has 0 amide bonds. The third-order valence-corrected chi connectivity index (χ3v) is 0.868.